The van der Waals surface area contributed by atoms with Crippen molar-refractivity contribution in [3.8, 4) is 0 Å². The highest BCUT2D eigenvalue weighted by Gasteiger charge is 2.73. The second-order valence-corrected chi connectivity index (χ2v) is 13.1. The first kappa shape index (κ1) is 34.0. The van der Waals surface area contributed by atoms with Gasteiger partial charge in [-0.15, -0.1) is 18.7 Å². The van der Waals surface area contributed by atoms with Gasteiger partial charge in [0.25, 0.3) is 43.9 Å². The summed E-state index contributed by atoms with van der Waals surface area (Å²) in [7, 11) is -9.10. The molecule has 0 radical (unpaired) electrons. The number of benzene rings is 2. The van der Waals surface area contributed by atoms with Crippen LogP contribution in [0.15, 0.2) is 36.4 Å². The number of carbonyl (C=O) groups is 4. The van der Waals surface area contributed by atoms with Gasteiger partial charge in [-0.2, -0.15) is 43.2 Å². The number of fused-ring (bicyclic) bond motifs is 2. The first-order valence-corrected chi connectivity index (χ1v) is 15.8. The molecule has 0 spiro atoms. The van der Waals surface area contributed by atoms with Crippen molar-refractivity contribution in [3.63, 3.8) is 0 Å². The summed E-state index contributed by atoms with van der Waals surface area (Å²) < 4.78 is 146. The topological polar surface area (TPSA) is 161 Å². The Kier molecular flexibility index (Phi) is 8.44. The zero-order valence-corrected chi connectivity index (χ0v) is 24.5. The number of hydroxylamine groups is 4. The first-order chi connectivity index (χ1) is 20.6. The van der Waals surface area contributed by atoms with Gasteiger partial charge in [0.1, 0.15) is 0 Å². The Hall–Kier alpha value is -3.88. The van der Waals surface area contributed by atoms with Gasteiger partial charge in [-0.25, -0.2) is 0 Å². The highest BCUT2D eigenvalue weighted by atomic mass is 32.2. The van der Waals surface area contributed by atoms with Crippen molar-refractivity contribution in [1.82, 2.24) is 10.1 Å². The fraction of sp³-hybridized carbons (Fsp3) is 0.360. The van der Waals surface area contributed by atoms with Crippen molar-refractivity contribution in [2.24, 2.45) is 0 Å². The smallest absolute Gasteiger partial charge is 0.266 e. The predicted octanol–water partition coefficient (Wildman–Crippen LogP) is 3.63. The van der Waals surface area contributed by atoms with Crippen LogP contribution in [-0.4, -0.2) is 74.4 Å². The molecule has 0 aliphatic carbocycles. The van der Waals surface area contributed by atoms with Crippen LogP contribution in [0.3, 0.4) is 0 Å². The van der Waals surface area contributed by atoms with Crippen molar-refractivity contribution in [2.75, 3.05) is 11.5 Å². The standard InChI is InChI=1S/C25H20F6N2O10S2/c1-3-9-44(38,39)42-32-19(34)15-7-5-13(11-17(15)21(32)36)23(24(26,27)28,25(29,30)31)14-6-8-16-18(12-14)22(37)33(20(16)35)43-45(40,41)10-4-2/h5-8,11-12H,3-4,9-10H2,1-2H3. The zero-order valence-electron chi connectivity index (χ0n) is 22.9. The molecule has 2 aromatic carbocycles. The second kappa shape index (κ2) is 11.2. The third-order valence-corrected chi connectivity index (χ3v) is 9.27. The van der Waals surface area contributed by atoms with Gasteiger partial charge in [0, 0.05) is 0 Å². The summed E-state index contributed by atoms with van der Waals surface area (Å²) in [6.07, 6.45) is -12.6. The molecule has 244 valence electrons. The molecule has 0 aromatic heterocycles. The lowest BCUT2D eigenvalue weighted by atomic mass is 9.71. The average molecular weight is 687 g/mol. The van der Waals surface area contributed by atoms with E-state index in [1.54, 1.807) is 0 Å². The molecule has 4 amide bonds. The monoisotopic (exact) mass is 686 g/mol. The molecule has 0 fully saturated rings. The lowest BCUT2D eigenvalue weighted by Gasteiger charge is -2.38. The largest absolute Gasteiger partial charge is 0.411 e. The number of hydrogen-bond donors (Lipinski definition) is 0. The number of hydrogen-bond acceptors (Lipinski definition) is 10. The summed E-state index contributed by atoms with van der Waals surface area (Å²) in [5.41, 5.74) is -12.0. The molecule has 0 saturated heterocycles. The lowest BCUT2D eigenvalue weighted by molar-refractivity contribution is -0.288. The molecule has 20 heteroatoms. The van der Waals surface area contributed by atoms with Gasteiger partial charge in [-0.1, -0.05) is 26.0 Å². The first-order valence-electron chi connectivity index (χ1n) is 12.7. The Morgan fingerprint density at radius 2 is 0.889 bits per heavy atom. The van der Waals surface area contributed by atoms with E-state index in [4.69, 9.17) is 0 Å². The maximum absolute atomic E-state index is 14.8. The van der Waals surface area contributed by atoms with Crippen molar-refractivity contribution in [2.45, 2.75) is 44.5 Å². The van der Waals surface area contributed by atoms with Gasteiger partial charge < -0.3 is 0 Å². The maximum atomic E-state index is 14.8. The number of imide groups is 2. The number of rotatable bonds is 10. The van der Waals surface area contributed by atoms with E-state index in [-0.39, 0.29) is 47.2 Å². The minimum atomic E-state index is -6.27. The molecule has 0 saturated carbocycles. The molecular weight excluding hydrogens is 666 g/mol. The third kappa shape index (κ3) is 5.59. The van der Waals surface area contributed by atoms with Crippen molar-refractivity contribution in [3.05, 3.63) is 69.8 Å². The summed E-state index contributed by atoms with van der Waals surface area (Å²) in [4.78, 5) is 50.9. The van der Waals surface area contributed by atoms with E-state index in [1.165, 1.54) is 13.8 Å². The van der Waals surface area contributed by atoms with Gasteiger partial charge in [0.05, 0.1) is 33.8 Å². The van der Waals surface area contributed by atoms with E-state index in [2.05, 4.69) is 8.57 Å². The molecule has 0 N–H and O–H groups in total. The van der Waals surface area contributed by atoms with E-state index in [0.717, 1.165) is 0 Å². The molecule has 2 aromatic rings. The number of halogens is 6. The molecule has 2 aliphatic heterocycles. The molecule has 0 unspecified atom stereocenters. The van der Waals surface area contributed by atoms with Crippen molar-refractivity contribution in [1.29, 1.82) is 0 Å². The van der Waals surface area contributed by atoms with E-state index in [9.17, 15) is 62.4 Å². The van der Waals surface area contributed by atoms with Crippen LogP contribution in [0, 0.1) is 0 Å². The fourth-order valence-corrected chi connectivity index (χ4v) is 6.70. The van der Waals surface area contributed by atoms with E-state index < -0.39 is 107 Å². The van der Waals surface area contributed by atoms with Crippen LogP contribution in [0.1, 0.15) is 79.2 Å². The summed E-state index contributed by atoms with van der Waals surface area (Å²) in [6.45, 7) is 2.82. The fourth-order valence-electron chi connectivity index (χ4n) is 4.82. The minimum absolute atomic E-state index is 0.0251. The summed E-state index contributed by atoms with van der Waals surface area (Å²) in [5, 5.41) is -0.605. The highest BCUT2D eigenvalue weighted by Crippen LogP contribution is 2.57. The number of alkyl halides is 6. The minimum Gasteiger partial charge on any atom is -0.266 e. The van der Waals surface area contributed by atoms with E-state index in [0.29, 0.717) is 12.1 Å². The van der Waals surface area contributed by atoms with Crippen molar-refractivity contribution >= 4 is 43.9 Å². The Balaban J connectivity index is 1.89. The van der Waals surface area contributed by atoms with E-state index in [1.807, 2.05) is 0 Å². The molecule has 4 rings (SSSR count). The van der Waals surface area contributed by atoms with Crippen LogP contribution in [0.2, 0.25) is 0 Å². The lowest BCUT2D eigenvalue weighted by Crippen LogP contribution is -2.55. The van der Waals surface area contributed by atoms with Crippen LogP contribution >= 0.6 is 0 Å². The summed E-state index contributed by atoms with van der Waals surface area (Å²) in [6, 6.07) is 1.56. The average Bonchev–Trinajstić information content (AvgIpc) is 3.27. The summed E-state index contributed by atoms with van der Waals surface area (Å²) in [5.74, 6) is -7.61. The SMILES string of the molecule is CCCS(=O)(=O)ON1C(=O)c2ccc(C(c3ccc4c(c3)C(=O)N(OS(=O)(=O)CCC)C4=O)(C(F)(F)F)C(F)(F)F)cc2C1=O. The van der Waals surface area contributed by atoms with Crippen LogP contribution < -0.4 is 0 Å². The maximum Gasteiger partial charge on any atom is 0.411 e. The van der Waals surface area contributed by atoms with Gasteiger partial charge in [-0.05, 0) is 48.2 Å². The molecule has 2 aliphatic rings. The van der Waals surface area contributed by atoms with Gasteiger partial charge in [-0.3, -0.25) is 19.2 Å². The van der Waals surface area contributed by atoms with E-state index >= 15 is 0 Å². The molecule has 2 heterocycles. The van der Waals surface area contributed by atoms with Gasteiger partial charge in [0.15, 0.2) is 0 Å². The molecule has 12 nitrogen and oxygen atoms in total. The zero-order chi connectivity index (χ0) is 33.9. The molecule has 0 bridgehead atoms. The highest BCUT2D eigenvalue weighted by molar-refractivity contribution is 7.86. The van der Waals surface area contributed by atoms with Crippen LogP contribution in [0.25, 0.3) is 0 Å². The molecule has 0 atom stereocenters. The van der Waals surface area contributed by atoms with Crippen molar-refractivity contribution < 1.29 is 70.9 Å². The van der Waals surface area contributed by atoms with Crippen LogP contribution in [0.4, 0.5) is 26.3 Å². The quantitative estimate of drug-likeness (QED) is 0.267. The Morgan fingerprint density at radius 1 is 0.578 bits per heavy atom. The second-order valence-electron chi connectivity index (χ2n) is 9.75. The van der Waals surface area contributed by atoms with Gasteiger partial charge in [0.2, 0.25) is 5.41 Å². The number of carbonyl (C=O) groups excluding carboxylic acids is 4. The Bertz CT molecular complexity index is 1710. The van der Waals surface area contributed by atoms with Crippen LogP contribution in [-0.2, 0) is 34.2 Å². The summed E-state index contributed by atoms with van der Waals surface area (Å²) >= 11 is 0. The molecule has 45 heavy (non-hydrogen) atoms. The normalized spacial score (nSPS) is 16.1. The molecular formula is C25H20F6N2O10S2. The van der Waals surface area contributed by atoms with Crippen LogP contribution in [0.5, 0.6) is 0 Å². The third-order valence-electron chi connectivity index (χ3n) is 6.70. The number of amides is 4. The Morgan fingerprint density at radius 3 is 1.18 bits per heavy atom. The predicted molar refractivity (Wildman–Crippen MR) is 137 cm³/mol. The van der Waals surface area contributed by atoms with Gasteiger partial charge >= 0.3 is 12.4 Å². The Labute approximate surface area is 250 Å². The number of nitrogens with zero attached hydrogens (tertiary/aromatic N) is 2.